The van der Waals surface area contributed by atoms with Gasteiger partial charge in [0.1, 0.15) is 10.7 Å². The van der Waals surface area contributed by atoms with Crippen LogP contribution >= 0.6 is 38.6 Å². The molecule has 1 aromatic carbocycles. The molecule has 1 fully saturated rings. The molecule has 1 amide bonds. The van der Waals surface area contributed by atoms with E-state index in [1.54, 1.807) is 11.3 Å². The summed E-state index contributed by atoms with van der Waals surface area (Å²) in [5, 5.41) is 5.97. The van der Waals surface area contributed by atoms with Crippen molar-refractivity contribution in [3.05, 3.63) is 69.1 Å². The lowest BCUT2D eigenvalue weighted by atomic mass is 10.1. The summed E-state index contributed by atoms with van der Waals surface area (Å²) in [6, 6.07) is 12.4. The Morgan fingerprint density at radius 1 is 1.07 bits per heavy atom. The van der Waals surface area contributed by atoms with Crippen molar-refractivity contribution in [2.45, 2.75) is 6.54 Å². The summed E-state index contributed by atoms with van der Waals surface area (Å²) in [7, 11) is 0. The topological polar surface area (TPSA) is 49.3 Å². The number of thiazole rings is 1. The highest BCUT2D eigenvalue weighted by Gasteiger charge is 2.24. The number of carbonyl (C=O) groups is 1. The summed E-state index contributed by atoms with van der Waals surface area (Å²) in [5.74, 6) is 0.0274. The lowest BCUT2D eigenvalue weighted by Crippen LogP contribution is -2.48. The quantitative estimate of drug-likeness (QED) is 0.390. The minimum Gasteiger partial charge on any atom is -0.335 e. The predicted octanol–water partition coefficient (Wildman–Crippen LogP) is 5.14. The van der Waals surface area contributed by atoms with Crippen LogP contribution in [-0.2, 0) is 6.54 Å². The van der Waals surface area contributed by atoms with E-state index in [0.717, 1.165) is 39.5 Å². The Labute approximate surface area is 191 Å². The maximum atomic E-state index is 12.9. The number of pyridine rings is 1. The second-order valence-electron chi connectivity index (χ2n) is 7.23. The smallest absolute Gasteiger partial charge is 0.273 e. The molecule has 0 spiro atoms. The molecule has 1 aliphatic rings. The third-order valence-corrected chi connectivity index (χ3v) is 7.97. The second-order valence-corrected chi connectivity index (χ2v) is 9.91. The summed E-state index contributed by atoms with van der Waals surface area (Å²) in [4.78, 5) is 27.5. The van der Waals surface area contributed by atoms with E-state index in [1.165, 1.54) is 22.3 Å². The molecule has 5 rings (SSSR count). The van der Waals surface area contributed by atoms with E-state index >= 15 is 0 Å². The number of hydrogen-bond acceptors (Lipinski definition) is 6. The SMILES string of the molecule is O=C(c1csc(-c2cc(Br)cs2)n1)N1CCN(Cc2cccc3cccnc23)CC1. The van der Waals surface area contributed by atoms with Crippen LogP contribution in [0.25, 0.3) is 20.8 Å². The van der Waals surface area contributed by atoms with Crippen LogP contribution in [0.2, 0.25) is 0 Å². The Balaban J connectivity index is 1.23. The van der Waals surface area contributed by atoms with E-state index in [1.807, 2.05) is 34.0 Å². The first-order valence-corrected chi connectivity index (χ1v) is 12.3. The van der Waals surface area contributed by atoms with Crippen LogP contribution < -0.4 is 0 Å². The highest BCUT2D eigenvalue weighted by Crippen LogP contribution is 2.32. The van der Waals surface area contributed by atoms with Crippen molar-refractivity contribution in [3.63, 3.8) is 0 Å². The number of hydrogen-bond donors (Lipinski definition) is 0. The van der Waals surface area contributed by atoms with Gasteiger partial charge in [0.2, 0.25) is 0 Å². The third kappa shape index (κ3) is 4.05. The molecule has 4 aromatic rings. The van der Waals surface area contributed by atoms with Crippen LogP contribution in [-0.4, -0.2) is 51.9 Å². The molecular formula is C22H19BrN4OS2. The Morgan fingerprint density at radius 3 is 2.70 bits per heavy atom. The van der Waals surface area contributed by atoms with E-state index in [0.29, 0.717) is 18.8 Å². The average Bonchev–Trinajstić information content (AvgIpc) is 3.43. The van der Waals surface area contributed by atoms with Crippen molar-refractivity contribution in [1.82, 2.24) is 19.8 Å². The number of aromatic nitrogens is 2. The fourth-order valence-electron chi connectivity index (χ4n) is 3.72. The van der Waals surface area contributed by atoms with Crippen molar-refractivity contribution in [2.75, 3.05) is 26.2 Å². The lowest BCUT2D eigenvalue weighted by Gasteiger charge is -2.34. The Hall–Kier alpha value is -2.13. The first kappa shape index (κ1) is 19.8. The van der Waals surface area contributed by atoms with Gasteiger partial charge < -0.3 is 4.90 Å². The zero-order valence-electron chi connectivity index (χ0n) is 16.1. The van der Waals surface area contributed by atoms with Gasteiger partial charge in [-0.2, -0.15) is 0 Å². The minimum atomic E-state index is 0.0274. The molecule has 3 aromatic heterocycles. The molecule has 8 heteroatoms. The van der Waals surface area contributed by atoms with Gasteiger partial charge in [-0.1, -0.05) is 24.3 Å². The summed E-state index contributed by atoms with van der Waals surface area (Å²) < 4.78 is 1.04. The summed E-state index contributed by atoms with van der Waals surface area (Å²) in [5.41, 5.74) is 2.85. The summed E-state index contributed by atoms with van der Waals surface area (Å²) >= 11 is 6.63. The number of fused-ring (bicyclic) bond motifs is 1. The van der Waals surface area contributed by atoms with Gasteiger partial charge in [0.05, 0.1) is 10.4 Å². The zero-order chi connectivity index (χ0) is 20.5. The van der Waals surface area contributed by atoms with Crippen LogP contribution in [0, 0.1) is 0 Å². The number of para-hydroxylation sites is 1. The highest BCUT2D eigenvalue weighted by molar-refractivity contribution is 9.10. The number of rotatable bonds is 4. The first-order valence-electron chi connectivity index (χ1n) is 9.71. The van der Waals surface area contributed by atoms with Gasteiger partial charge in [0.15, 0.2) is 0 Å². The first-order chi connectivity index (χ1) is 14.7. The number of carbonyl (C=O) groups excluding carboxylic acids is 1. The Kier molecular flexibility index (Phi) is 5.64. The summed E-state index contributed by atoms with van der Waals surface area (Å²) in [6.07, 6.45) is 1.85. The highest BCUT2D eigenvalue weighted by atomic mass is 79.9. The monoisotopic (exact) mass is 498 g/mol. The normalized spacial score (nSPS) is 15.0. The Bertz CT molecular complexity index is 1190. The zero-order valence-corrected chi connectivity index (χ0v) is 19.3. The van der Waals surface area contributed by atoms with Gasteiger partial charge in [0, 0.05) is 59.5 Å². The predicted molar refractivity (Wildman–Crippen MR) is 126 cm³/mol. The molecule has 0 bridgehead atoms. The van der Waals surface area contributed by atoms with Crippen LogP contribution in [0.4, 0.5) is 0 Å². The van der Waals surface area contributed by atoms with Gasteiger partial charge in [-0.15, -0.1) is 22.7 Å². The maximum Gasteiger partial charge on any atom is 0.273 e. The molecule has 0 atom stereocenters. The molecule has 152 valence electrons. The van der Waals surface area contributed by atoms with E-state index in [2.05, 4.69) is 55.1 Å². The second kappa shape index (κ2) is 8.55. The standard InChI is InChI=1S/C22H19BrN4OS2/c23-17-11-19(29-13-17)21-25-18(14-30-21)22(28)27-9-7-26(8-10-27)12-16-4-1-3-15-5-2-6-24-20(15)16/h1-6,11,13-14H,7-10,12H2. The van der Waals surface area contributed by atoms with E-state index < -0.39 is 0 Å². The van der Waals surface area contributed by atoms with Crippen LogP contribution in [0.5, 0.6) is 0 Å². The van der Waals surface area contributed by atoms with Gasteiger partial charge in [-0.25, -0.2) is 4.98 Å². The lowest BCUT2D eigenvalue weighted by molar-refractivity contribution is 0.0624. The van der Waals surface area contributed by atoms with Crippen LogP contribution in [0.3, 0.4) is 0 Å². The fraction of sp³-hybridized carbons (Fsp3) is 0.227. The number of nitrogens with zero attached hydrogens (tertiary/aromatic N) is 4. The van der Waals surface area contributed by atoms with Crippen molar-refractivity contribution in [1.29, 1.82) is 0 Å². The number of benzene rings is 1. The summed E-state index contributed by atoms with van der Waals surface area (Å²) in [6.45, 7) is 3.99. The largest absolute Gasteiger partial charge is 0.335 e. The van der Waals surface area contributed by atoms with Crippen LogP contribution in [0.15, 0.2) is 57.8 Å². The third-order valence-electron chi connectivity index (χ3n) is 5.27. The molecule has 5 nitrogen and oxygen atoms in total. The molecule has 0 N–H and O–H groups in total. The number of amides is 1. The fourth-order valence-corrected chi connectivity index (χ4v) is 6.02. The Morgan fingerprint density at radius 2 is 1.90 bits per heavy atom. The molecule has 1 aliphatic heterocycles. The van der Waals surface area contributed by atoms with Gasteiger partial charge in [0.25, 0.3) is 5.91 Å². The molecule has 30 heavy (non-hydrogen) atoms. The maximum absolute atomic E-state index is 12.9. The molecule has 0 unspecified atom stereocenters. The van der Waals surface area contributed by atoms with Gasteiger partial charge >= 0.3 is 0 Å². The van der Waals surface area contributed by atoms with Crippen molar-refractivity contribution in [2.24, 2.45) is 0 Å². The molecule has 4 heterocycles. The number of thiophene rings is 1. The molecular weight excluding hydrogens is 480 g/mol. The molecule has 0 radical (unpaired) electrons. The van der Waals surface area contributed by atoms with Crippen molar-refractivity contribution >= 4 is 55.4 Å². The van der Waals surface area contributed by atoms with Gasteiger partial charge in [-0.3, -0.25) is 14.7 Å². The molecule has 0 saturated carbocycles. The minimum absolute atomic E-state index is 0.0274. The van der Waals surface area contributed by atoms with E-state index in [-0.39, 0.29) is 5.91 Å². The molecule has 1 saturated heterocycles. The number of piperazine rings is 1. The average molecular weight is 499 g/mol. The van der Waals surface area contributed by atoms with Crippen molar-refractivity contribution in [3.8, 4) is 9.88 Å². The number of halogens is 1. The van der Waals surface area contributed by atoms with Crippen LogP contribution in [0.1, 0.15) is 16.1 Å². The van der Waals surface area contributed by atoms with Crippen molar-refractivity contribution < 1.29 is 4.79 Å². The van der Waals surface area contributed by atoms with E-state index in [9.17, 15) is 4.79 Å². The van der Waals surface area contributed by atoms with Gasteiger partial charge in [-0.05, 0) is 33.6 Å². The molecule has 0 aliphatic carbocycles. The van der Waals surface area contributed by atoms with E-state index in [4.69, 9.17) is 0 Å².